The molecule has 8 heteroatoms. The normalized spacial score (nSPS) is 15.5. The minimum Gasteiger partial charge on any atom is -0.465 e. The number of piperazine rings is 1. The molecule has 8 nitrogen and oxygen atoms in total. The Kier molecular flexibility index (Phi) is 10.5. The number of Topliss-reactive ketones (excluding diaryl/α,β-unsaturated/α-hetero) is 1. The summed E-state index contributed by atoms with van der Waals surface area (Å²) in [7, 11) is 1.27. The van der Waals surface area contributed by atoms with Crippen LogP contribution in [0.3, 0.4) is 0 Å². The van der Waals surface area contributed by atoms with Crippen LogP contribution in [-0.2, 0) is 14.3 Å². The van der Waals surface area contributed by atoms with E-state index in [-0.39, 0.29) is 37.7 Å². The molecule has 2 aromatic rings. The van der Waals surface area contributed by atoms with Gasteiger partial charge in [0.25, 0.3) is 17.6 Å². The van der Waals surface area contributed by atoms with Gasteiger partial charge in [-0.3, -0.25) is 14.4 Å². The van der Waals surface area contributed by atoms with Crippen molar-refractivity contribution in [2.45, 2.75) is 33.7 Å². The van der Waals surface area contributed by atoms with Crippen molar-refractivity contribution in [1.29, 1.82) is 0 Å². The van der Waals surface area contributed by atoms with E-state index in [2.05, 4.69) is 0 Å². The standard InChI is InChI=1S/C26H28N2O6.C2H6/c1-4-20(21-11-8-12-22(17(21)2)26(33)34-3)23(30)25(32)28-14-13-27(15-19(28)16-29)24(31)18-9-6-5-7-10-18;1-2/h4-12,19,29H,13-16H2,1-3H3;1-2H3/b20-4+;. The number of amides is 2. The highest BCUT2D eigenvalue weighted by atomic mass is 16.5. The number of aliphatic hydroxyl groups excluding tert-OH is 1. The SMILES string of the molecule is C/C=C(/C(=O)C(=O)N1CCN(C(=O)c2ccccc2)CC1CO)c1cccc(C(=O)OC)c1C.CC. The number of aliphatic hydroxyl groups is 1. The van der Waals surface area contributed by atoms with Gasteiger partial charge in [-0.05, 0) is 43.2 Å². The van der Waals surface area contributed by atoms with E-state index in [4.69, 9.17) is 4.74 Å². The van der Waals surface area contributed by atoms with Gasteiger partial charge in [0, 0.05) is 30.8 Å². The zero-order valence-electron chi connectivity index (χ0n) is 21.5. The Morgan fingerprint density at radius 2 is 1.64 bits per heavy atom. The highest BCUT2D eigenvalue weighted by molar-refractivity contribution is 6.53. The number of hydrogen-bond donors (Lipinski definition) is 1. The number of rotatable bonds is 6. The molecule has 192 valence electrons. The van der Waals surface area contributed by atoms with E-state index >= 15 is 0 Å². The van der Waals surface area contributed by atoms with E-state index in [1.807, 2.05) is 19.9 Å². The van der Waals surface area contributed by atoms with Crippen LogP contribution >= 0.6 is 0 Å². The summed E-state index contributed by atoms with van der Waals surface area (Å²) >= 11 is 0. The number of methoxy groups -OCH3 is 1. The highest BCUT2D eigenvalue weighted by Crippen LogP contribution is 2.25. The molecule has 1 atom stereocenters. The Bertz CT molecular complexity index is 1130. The number of benzene rings is 2. The summed E-state index contributed by atoms with van der Waals surface area (Å²) in [5.41, 5.74) is 1.98. The predicted molar refractivity (Wildman–Crippen MR) is 137 cm³/mol. The predicted octanol–water partition coefficient (Wildman–Crippen LogP) is 3.13. The Morgan fingerprint density at radius 1 is 1.00 bits per heavy atom. The highest BCUT2D eigenvalue weighted by Gasteiger charge is 2.36. The number of carbonyl (C=O) groups is 4. The van der Waals surface area contributed by atoms with Crippen molar-refractivity contribution in [2.75, 3.05) is 33.4 Å². The third-order valence-corrected chi connectivity index (χ3v) is 6.02. The summed E-state index contributed by atoms with van der Waals surface area (Å²) in [6, 6.07) is 12.9. The molecule has 0 saturated carbocycles. The Balaban J connectivity index is 0.00000222. The van der Waals surface area contributed by atoms with Gasteiger partial charge in [0.15, 0.2) is 0 Å². The first-order valence-electron chi connectivity index (χ1n) is 12.0. The zero-order valence-corrected chi connectivity index (χ0v) is 21.5. The summed E-state index contributed by atoms with van der Waals surface area (Å²) in [5.74, 6) is -2.23. The minimum absolute atomic E-state index is 0.116. The third kappa shape index (κ3) is 6.07. The fraction of sp³-hybridized carbons (Fsp3) is 0.357. The van der Waals surface area contributed by atoms with Crippen molar-refractivity contribution in [3.05, 3.63) is 76.9 Å². The number of nitrogens with zero attached hydrogens (tertiary/aromatic N) is 2. The maximum absolute atomic E-state index is 13.2. The lowest BCUT2D eigenvalue weighted by Gasteiger charge is -2.40. The van der Waals surface area contributed by atoms with Crippen LogP contribution in [0.4, 0.5) is 0 Å². The Morgan fingerprint density at radius 3 is 2.22 bits per heavy atom. The minimum atomic E-state index is -0.762. The summed E-state index contributed by atoms with van der Waals surface area (Å²) in [4.78, 5) is 54.2. The van der Waals surface area contributed by atoms with E-state index in [9.17, 15) is 24.3 Å². The van der Waals surface area contributed by atoms with Crippen LogP contribution in [0.5, 0.6) is 0 Å². The number of ether oxygens (including phenoxy) is 1. The first-order valence-corrected chi connectivity index (χ1v) is 12.0. The maximum atomic E-state index is 13.2. The van der Waals surface area contributed by atoms with E-state index in [0.29, 0.717) is 22.3 Å². The third-order valence-electron chi connectivity index (χ3n) is 6.02. The van der Waals surface area contributed by atoms with Crippen LogP contribution in [0.25, 0.3) is 5.57 Å². The molecule has 1 N–H and O–H groups in total. The van der Waals surface area contributed by atoms with E-state index in [1.54, 1.807) is 61.2 Å². The van der Waals surface area contributed by atoms with Gasteiger partial charge >= 0.3 is 5.97 Å². The molecular formula is C28H34N2O6. The molecule has 1 fully saturated rings. The molecule has 36 heavy (non-hydrogen) atoms. The zero-order chi connectivity index (χ0) is 26.8. The lowest BCUT2D eigenvalue weighted by Crippen LogP contribution is -2.59. The molecule has 0 radical (unpaired) electrons. The second-order valence-corrected chi connectivity index (χ2v) is 7.95. The van der Waals surface area contributed by atoms with E-state index in [0.717, 1.165) is 0 Å². The summed E-state index contributed by atoms with van der Waals surface area (Å²) in [6.45, 7) is 7.42. The second-order valence-electron chi connectivity index (χ2n) is 7.95. The molecule has 0 bridgehead atoms. The number of ketones is 1. The van der Waals surface area contributed by atoms with Crippen LogP contribution < -0.4 is 0 Å². The lowest BCUT2D eigenvalue weighted by atomic mass is 9.93. The molecule has 2 aromatic carbocycles. The van der Waals surface area contributed by atoms with Crippen LogP contribution in [0, 0.1) is 6.92 Å². The molecule has 1 saturated heterocycles. The maximum Gasteiger partial charge on any atom is 0.338 e. The molecule has 1 aliphatic heterocycles. The van der Waals surface area contributed by atoms with Crippen LogP contribution in [-0.4, -0.2) is 77.9 Å². The summed E-state index contributed by atoms with van der Waals surface area (Å²) < 4.78 is 4.80. The van der Waals surface area contributed by atoms with Crippen molar-refractivity contribution < 1.29 is 29.0 Å². The van der Waals surface area contributed by atoms with Gasteiger partial charge in [-0.1, -0.05) is 50.3 Å². The molecular weight excluding hydrogens is 460 g/mol. The first kappa shape index (κ1) is 28.5. The number of hydrogen-bond acceptors (Lipinski definition) is 6. The number of carbonyl (C=O) groups excluding carboxylic acids is 4. The summed E-state index contributed by atoms with van der Waals surface area (Å²) in [5, 5.41) is 9.93. The van der Waals surface area contributed by atoms with Gasteiger partial charge in [0.2, 0.25) is 0 Å². The van der Waals surface area contributed by atoms with Crippen LogP contribution in [0.1, 0.15) is 52.6 Å². The molecule has 2 amide bonds. The molecule has 1 unspecified atom stereocenters. The Hall–Kier alpha value is -3.78. The largest absolute Gasteiger partial charge is 0.465 e. The van der Waals surface area contributed by atoms with Gasteiger partial charge in [-0.15, -0.1) is 0 Å². The molecule has 0 aromatic heterocycles. The van der Waals surface area contributed by atoms with E-state index < -0.39 is 23.7 Å². The van der Waals surface area contributed by atoms with Crippen LogP contribution in [0.15, 0.2) is 54.6 Å². The number of esters is 1. The van der Waals surface area contributed by atoms with Gasteiger partial charge in [0.05, 0.1) is 25.3 Å². The molecule has 3 rings (SSSR count). The van der Waals surface area contributed by atoms with Crippen molar-refractivity contribution >= 4 is 29.1 Å². The van der Waals surface area contributed by atoms with Crippen molar-refractivity contribution in [3.63, 3.8) is 0 Å². The average Bonchev–Trinajstić information content (AvgIpc) is 2.94. The quantitative estimate of drug-likeness (QED) is 0.376. The average molecular weight is 495 g/mol. The monoisotopic (exact) mass is 494 g/mol. The van der Waals surface area contributed by atoms with Crippen molar-refractivity contribution in [1.82, 2.24) is 9.80 Å². The molecule has 1 heterocycles. The first-order chi connectivity index (χ1) is 17.3. The smallest absolute Gasteiger partial charge is 0.338 e. The fourth-order valence-electron chi connectivity index (χ4n) is 4.14. The lowest BCUT2D eigenvalue weighted by molar-refractivity contribution is -0.145. The van der Waals surface area contributed by atoms with Crippen LogP contribution in [0.2, 0.25) is 0 Å². The van der Waals surface area contributed by atoms with Gasteiger partial charge in [-0.2, -0.15) is 0 Å². The van der Waals surface area contributed by atoms with Crippen molar-refractivity contribution in [3.8, 4) is 0 Å². The molecule has 0 aliphatic carbocycles. The number of allylic oxidation sites excluding steroid dienone is 1. The fourth-order valence-corrected chi connectivity index (χ4v) is 4.14. The van der Waals surface area contributed by atoms with E-state index in [1.165, 1.54) is 18.1 Å². The Labute approximate surface area is 212 Å². The van der Waals surface area contributed by atoms with Crippen molar-refractivity contribution in [2.24, 2.45) is 0 Å². The second kappa shape index (κ2) is 13.3. The molecule has 0 spiro atoms. The van der Waals surface area contributed by atoms with Gasteiger partial charge in [0.1, 0.15) is 0 Å². The van der Waals surface area contributed by atoms with Gasteiger partial charge in [-0.25, -0.2) is 4.79 Å². The molecule has 1 aliphatic rings. The summed E-state index contributed by atoms with van der Waals surface area (Å²) in [6.07, 6.45) is 1.53. The van der Waals surface area contributed by atoms with Gasteiger partial charge < -0.3 is 19.6 Å². The topological polar surface area (TPSA) is 104 Å².